The molecule has 1 N–H and O–H groups in total. The fraction of sp³-hybridized carbons (Fsp3) is 0.182. The largest absolute Gasteiger partial charge is 0.392 e. The van der Waals surface area contributed by atoms with E-state index in [0.29, 0.717) is 11.1 Å². The van der Waals surface area contributed by atoms with Crippen LogP contribution in [0.3, 0.4) is 0 Å². The Morgan fingerprint density at radius 2 is 2.18 bits per heavy atom. The predicted molar refractivity (Wildman–Crippen MR) is 61.2 cm³/mol. The zero-order valence-corrected chi connectivity index (χ0v) is 9.20. The second-order valence-corrected chi connectivity index (χ2v) is 3.71. The molecule has 17 heavy (non-hydrogen) atoms. The van der Waals surface area contributed by atoms with Crippen molar-refractivity contribution >= 4 is 5.69 Å². The molecule has 0 aliphatic heterocycles. The summed E-state index contributed by atoms with van der Waals surface area (Å²) in [7, 11) is 1.77. The van der Waals surface area contributed by atoms with E-state index in [1.165, 1.54) is 12.1 Å². The monoisotopic (exact) mass is 233 g/mol. The molecule has 2 rings (SSSR count). The van der Waals surface area contributed by atoms with Gasteiger partial charge in [-0.15, -0.1) is 0 Å². The van der Waals surface area contributed by atoms with Crippen molar-refractivity contribution in [1.82, 2.24) is 9.78 Å². The molecule has 0 radical (unpaired) electrons. The highest BCUT2D eigenvalue weighted by Crippen LogP contribution is 2.25. The van der Waals surface area contributed by atoms with Gasteiger partial charge in [0, 0.05) is 30.9 Å². The van der Waals surface area contributed by atoms with Crippen LogP contribution in [0.2, 0.25) is 0 Å². The molecule has 6 nitrogen and oxygen atoms in total. The fourth-order valence-electron chi connectivity index (χ4n) is 1.61. The second-order valence-electron chi connectivity index (χ2n) is 3.71. The molecule has 0 amide bonds. The Hall–Kier alpha value is -2.21. The van der Waals surface area contributed by atoms with Gasteiger partial charge in [-0.1, -0.05) is 0 Å². The molecule has 1 aromatic carbocycles. The summed E-state index contributed by atoms with van der Waals surface area (Å²) >= 11 is 0. The van der Waals surface area contributed by atoms with Crippen molar-refractivity contribution in [3.8, 4) is 11.1 Å². The standard InChI is InChI=1S/C11H11N3O3/c1-13-6-10(5-12-13)9-2-8(7-15)3-11(4-9)14(16)17/h2-6,15H,7H2,1H3. The Kier molecular flexibility index (Phi) is 2.88. The molecule has 1 heterocycles. The highest BCUT2D eigenvalue weighted by atomic mass is 16.6. The minimum absolute atomic E-state index is 0.0320. The molecule has 0 fully saturated rings. The van der Waals surface area contributed by atoms with E-state index in [9.17, 15) is 10.1 Å². The lowest BCUT2D eigenvalue weighted by molar-refractivity contribution is -0.384. The topological polar surface area (TPSA) is 81.2 Å². The summed E-state index contributed by atoms with van der Waals surface area (Å²) in [5.74, 6) is 0. The molecular weight excluding hydrogens is 222 g/mol. The van der Waals surface area contributed by atoms with Gasteiger partial charge in [-0.2, -0.15) is 5.10 Å². The van der Waals surface area contributed by atoms with Crippen LogP contribution >= 0.6 is 0 Å². The van der Waals surface area contributed by atoms with Gasteiger partial charge in [0.15, 0.2) is 0 Å². The van der Waals surface area contributed by atoms with Crippen LogP contribution in [0.15, 0.2) is 30.6 Å². The number of nitro benzene ring substituents is 1. The number of non-ortho nitro benzene ring substituents is 1. The number of aryl methyl sites for hydroxylation is 1. The second kappa shape index (κ2) is 4.34. The molecule has 0 saturated carbocycles. The van der Waals surface area contributed by atoms with Gasteiger partial charge in [0.05, 0.1) is 17.7 Å². The first-order valence-electron chi connectivity index (χ1n) is 4.98. The van der Waals surface area contributed by atoms with E-state index >= 15 is 0 Å². The summed E-state index contributed by atoms with van der Waals surface area (Å²) in [6.07, 6.45) is 3.39. The Labute approximate surface area is 97.3 Å². The molecule has 0 spiro atoms. The van der Waals surface area contributed by atoms with Crippen LogP contribution in [0.5, 0.6) is 0 Å². The zero-order valence-electron chi connectivity index (χ0n) is 9.20. The summed E-state index contributed by atoms with van der Waals surface area (Å²) < 4.78 is 1.62. The van der Waals surface area contributed by atoms with E-state index in [4.69, 9.17) is 5.11 Å². The average molecular weight is 233 g/mol. The summed E-state index contributed by atoms with van der Waals surface area (Å²) in [5, 5.41) is 23.8. The van der Waals surface area contributed by atoms with Gasteiger partial charge in [-0.3, -0.25) is 14.8 Å². The van der Waals surface area contributed by atoms with Crippen molar-refractivity contribution in [2.75, 3.05) is 0 Å². The third-order valence-corrected chi connectivity index (χ3v) is 2.41. The number of aromatic nitrogens is 2. The first kappa shape index (κ1) is 11.3. The average Bonchev–Trinajstić information content (AvgIpc) is 2.75. The Bertz CT molecular complexity index is 563. The number of aliphatic hydroxyl groups excluding tert-OH is 1. The Morgan fingerprint density at radius 3 is 2.71 bits per heavy atom. The van der Waals surface area contributed by atoms with E-state index < -0.39 is 4.92 Å². The molecule has 88 valence electrons. The lowest BCUT2D eigenvalue weighted by Gasteiger charge is -2.01. The van der Waals surface area contributed by atoms with E-state index in [1.54, 1.807) is 30.2 Å². The van der Waals surface area contributed by atoms with Gasteiger partial charge < -0.3 is 5.11 Å². The quantitative estimate of drug-likeness (QED) is 0.643. The number of nitro groups is 1. The van der Waals surface area contributed by atoms with Crippen LogP contribution in [-0.2, 0) is 13.7 Å². The molecule has 0 atom stereocenters. The molecule has 0 bridgehead atoms. The summed E-state index contributed by atoms with van der Waals surface area (Å²) in [6.45, 7) is -0.227. The van der Waals surface area contributed by atoms with Crippen LogP contribution in [0, 0.1) is 10.1 Å². The van der Waals surface area contributed by atoms with E-state index in [-0.39, 0.29) is 12.3 Å². The van der Waals surface area contributed by atoms with Crippen molar-refractivity contribution in [3.63, 3.8) is 0 Å². The molecular formula is C11H11N3O3. The number of aliphatic hydroxyl groups is 1. The van der Waals surface area contributed by atoms with Gasteiger partial charge in [-0.25, -0.2) is 0 Å². The third-order valence-electron chi connectivity index (χ3n) is 2.41. The molecule has 0 aliphatic rings. The summed E-state index contributed by atoms with van der Waals surface area (Å²) in [6, 6.07) is 4.54. The van der Waals surface area contributed by atoms with Crippen LogP contribution < -0.4 is 0 Å². The van der Waals surface area contributed by atoms with E-state index in [2.05, 4.69) is 5.10 Å². The number of hydrogen-bond donors (Lipinski definition) is 1. The van der Waals surface area contributed by atoms with Gasteiger partial charge in [-0.05, 0) is 17.2 Å². The molecule has 0 unspecified atom stereocenters. The van der Waals surface area contributed by atoms with Crippen molar-refractivity contribution in [2.24, 2.45) is 7.05 Å². The maximum absolute atomic E-state index is 10.8. The zero-order chi connectivity index (χ0) is 12.4. The number of hydrogen-bond acceptors (Lipinski definition) is 4. The number of benzene rings is 1. The summed E-state index contributed by atoms with van der Waals surface area (Å²) in [4.78, 5) is 10.3. The van der Waals surface area contributed by atoms with Crippen LogP contribution in [0.4, 0.5) is 5.69 Å². The lowest BCUT2D eigenvalue weighted by atomic mass is 10.1. The smallest absolute Gasteiger partial charge is 0.270 e. The minimum Gasteiger partial charge on any atom is -0.392 e. The Morgan fingerprint density at radius 1 is 1.41 bits per heavy atom. The van der Waals surface area contributed by atoms with Crippen molar-refractivity contribution in [3.05, 3.63) is 46.3 Å². The number of nitrogens with zero attached hydrogens (tertiary/aromatic N) is 3. The highest BCUT2D eigenvalue weighted by Gasteiger charge is 2.11. The fourth-order valence-corrected chi connectivity index (χ4v) is 1.61. The van der Waals surface area contributed by atoms with Gasteiger partial charge >= 0.3 is 0 Å². The van der Waals surface area contributed by atoms with Crippen LogP contribution in [0.25, 0.3) is 11.1 Å². The predicted octanol–water partition coefficient (Wildman–Crippen LogP) is 1.49. The van der Waals surface area contributed by atoms with Crippen molar-refractivity contribution < 1.29 is 10.0 Å². The van der Waals surface area contributed by atoms with Crippen LogP contribution in [-0.4, -0.2) is 19.8 Å². The van der Waals surface area contributed by atoms with Gasteiger partial charge in [0.2, 0.25) is 0 Å². The number of rotatable bonds is 3. The maximum atomic E-state index is 10.8. The molecule has 6 heteroatoms. The first-order chi connectivity index (χ1) is 8.10. The minimum atomic E-state index is -0.473. The first-order valence-corrected chi connectivity index (χ1v) is 4.98. The van der Waals surface area contributed by atoms with Crippen molar-refractivity contribution in [1.29, 1.82) is 0 Å². The third kappa shape index (κ3) is 2.31. The van der Waals surface area contributed by atoms with Gasteiger partial charge in [0.1, 0.15) is 0 Å². The molecule has 0 aliphatic carbocycles. The lowest BCUT2D eigenvalue weighted by Crippen LogP contribution is -1.92. The van der Waals surface area contributed by atoms with Gasteiger partial charge in [0.25, 0.3) is 5.69 Å². The van der Waals surface area contributed by atoms with Crippen LogP contribution in [0.1, 0.15) is 5.56 Å². The Balaban J connectivity index is 2.53. The maximum Gasteiger partial charge on any atom is 0.270 e. The molecule has 0 saturated heterocycles. The van der Waals surface area contributed by atoms with E-state index in [1.807, 2.05) is 0 Å². The molecule has 2 aromatic rings. The van der Waals surface area contributed by atoms with E-state index in [0.717, 1.165) is 5.56 Å². The summed E-state index contributed by atoms with van der Waals surface area (Å²) in [5.41, 5.74) is 1.94. The molecule has 1 aromatic heterocycles. The normalized spacial score (nSPS) is 10.5. The SMILES string of the molecule is Cn1cc(-c2cc(CO)cc([N+](=O)[O-])c2)cn1. The van der Waals surface area contributed by atoms with Crippen molar-refractivity contribution in [2.45, 2.75) is 6.61 Å². The highest BCUT2D eigenvalue weighted by molar-refractivity contribution is 5.66.